The van der Waals surface area contributed by atoms with Crippen LogP contribution in [0.5, 0.6) is 11.5 Å². The summed E-state index contributed by atoms with van der Waals surface area (Å²) in [6.07, 6.45) is -0.470. The standard InChI is InChI=1S/C18H18BrClO4/c1-4-23-16-10-12(9-14(19)17(16)22-3)18(21)24-11(2)13-7-5-6-8-15(13)20/h5-11H,4H2,1-3H3/t11-/m0/s1. The van der Waals surface area contributed by atoms with Gasteiger partial charge in [-0.05, 0) is 48.0 Å². The highest BCUT2D eigenvalue weighted by molar-refractivity contribution is 9.10. The van der Waals surface area contributed by atoms with E-state index in [2.05, 4.69) is 15.9 Å². The highest BCUT2D eigenvalue weighted by Crippen LogP contribution is 2.37. The molecule has 0 aliphatic carbocycles. The Bertz CT molecular complexity index is 733. The third kappa shape index (κ3) is 4.22. The summed E-state index contributed by atoms with van der Waals surface area (Å²) in [5.74, 6) is 0.547. The third-order valence-corrected chi connectivity index (χ3v) is 4.31. The van der Waals surface area contributed by atoms with Crippen molar-refractivity contribution < 1.29 is 19.0 Å². The first-order valence-electron chi connectivity index (χ1n) is 7.43. The first kappa shape index (κ1) is 18.6. The van der Waals surface area contributed by atoms with Gasteiger partial charge in [0, 0.05) is 10.6 Å². The Balaban J connectivity index is 2.25. The third-order valence-electron chi connectivity index (χ3n) is 3.38. The molecule has 0 radical (unpaired) electrons. The largest absolute Gasteiger partial charge is 0.492 e. The van der Waals surface area contributed by atoms with Crippen molar-refractivity contribution >= 4 is 33.5 Å². The molecular formula is C18H18BrClO4. The van der Waals surface area contributed by atoms with E-state index in [1.54, 1.807) is 32.2 Å². The van der Waals surface area contributed by atoms with E-state index >= 15 is 0 Å². The highest BCUT2D eigenvalue weighted by Gasteiger charge is 2.19. The molecule has 2 rings (SSSR count). The molecule has 0 unspecified atom stereocenters. The molecule has 0 aliphatic rings. The predicted octanol–water partition coefficient (Wildman–Crippen LogP) is 5.43. The van der Waals surface area contributed by atoms with E-state index < -0.39 is 12.1 Å². The molecule has 1 atom stereocenters. The van der Waals surface area contributed by atoms with Crippen molar-refractivity contribution in [2.45, 2.75) is 20.0 Å². The van der Waals surface area contributed by atoms with Crippen molar-refractivity contribution in [2.24, 2.45) is 0 Å². The van der Waals surface area contributed by atoms with Crippen LogP contribution in [-0.4, -0.2) is 19.7 Å². The van der Waals surface area contributed by atoms with Gasteiger partial charge in [-0.2, -0.15) is 0 Å². The summed E-state index contributed by atoms with van der Waals surface area (Å²) in [6.45, 7) is 4.09. The monoisotopic (exact) mass is 412 g/mol. The SMILES string of the molecule is CCOc1cc(C(=O)O[C@@H](C)c2ccccc2Cl)cc(Br)c1OC. The van der Waals surface area contributed by atoms with Crippen LogP contribution in [0.15, 0.2) is 40.9 Å². The number of halogens is 2. The highest BCUT2D eigenvalue weighted by atomic mass is 79.9. The van der Waals surface area contributed by atoms with Crippen molar-refractivity contribution in [1.82, 2.24) is 0 Å². The van der Waals surface area contributed by atoms with Crippen molar-refractivity contribution in [2.75, 3.05) is 13.7 Å². The van der Waals surface area contributed by atoms with E-state index in [0.717, 1.165) is 5.56 Å². The van der Waals surface area contributed by atoms with Gasteiger partial charge >= 0.3 is 5.97 Å². The Kier molecular flexibility index (Phi) is 6.52. The predicted molar refractivity (Wildman–Crippen MR) is 97.1 cm³/mol. The van der Waals surface area contributed by atoms with E-state index in [4.69, 9.17) is 25.8 Å². The maximum absolute atomic E-state index is 12.5. The molecule has 0 fully saturated rings. The number of esters is 1. The summed E-state index contributed by atoms with van der Waals surface area (Å²) in [4.78, 5) is 12.5. The lowest BCUT2D eigenvalue weighted by Gasteiger charge is -2.16. The van der Waals surface area contributed by atoms with Crippen molar-refractivity contribution in [3.8, 4) is 11.5 Å². The van der Waals surface area contributed by atoms with E-state index in [1.807, 2.05) is 25.1 Å². The maximum atomic E-state index is 12.5. The average Bonchev–Trinajstić information content (AvgIpc) is 2.55. The van der Waals surface area contributed by atoms with Crippen LogP contribution in [0.2, 0.25) is 5.02 Å². The molecule has 0 bridgehead atoms. The number of methoxy groups -OCH3 is 1. The maximum Gasteiger partial charge on any atom is 0.338 e. The molecule has 2 aromatic rings. The molecule has 128 valence electrons. The smallest absolute Gasteiger partial charge is 0.338 e. The summed E-state index contributed by atoms with van der Waals surface area (Å²) in [5.41, 5.74) is 1.12. The average molecular weight is 414 g/mol. The Morgan fingerprint density at radius 2 is 2.00 bits per heavy atom. The molecular weight excluding hydrogens is 396 g/mol. The van der Waals surface area contributed by atoms with E-state index in [0.29, 0.717) is 33.2 Å². The van der Waals surface area contributed by atoms with Gasteiger partial charge in [-0.25, -0.2) is 4.79 Å². The van der Waals surface area contributed by atoms with Crippen LogP contribution >= 0.6 is 27.5 Å². The number of rotatable bonds is 6. The zero-order valence-corrected chi connectivity index (χ0v) is 16.0. The molecule has 2 aromatic carbocycles. The topological polar surface area (TPSA) is 44.8 Å². The van der Waals surface area contributed by atoms with Crippen LogP contribution in [0.3, 0.4) is 0 Å². The molecule has 0 saturated heterocycles. The summed E-state index contributed by atoms with van der Waals surface area (Å²) in [6, 6.07) is 10.5. The molecule has 0 N–H and O–H groups in total. The lowest BCUT2D eigenvalue weighted by molar-refractivity contribution is 0.0337. The molecule has 0 aliphatic heterocycles. The second kappa shape index (κ2) is 8.40. The number of hydrogen-bond acceptors (Lipinski definition) is 4. The van der Waals surface area contributed by atoms with Crippen LogP contribution in [0, 0.1) is 0 Å². The number of carbonyl (C=O) groups excluding carboxylic acids is 1. The molecule has 6 heteroatoms. The van der Waals surface area contributed by atoms with Gasteiger partial charge in [-0.15, -0.1) is 0 Å². The lowest BCUT2D eigenvalue weighted by atomic mass is 10.1. The van der Waals surface area contributed by atoms with E-state index in [-0.39, 0.29) is 0 Å². The molecule has 24 heavy (non-hydrogen) atoms. The number of hydrogen-bond donors (Lipinski definition) is 0. The van der Waals surface area contributed by atoms with Crippen LogP contribution in [0.25, 0.3) is 0 Å². The minimum atomic E-state index is -0.470. The van der Waals surface area contributed by atoms with Gasteiger partial charge in [0.1, 0.15) is 6.10 Å². The lowest BCUT2D eigenvalue weighted by Crippen LogP contribution is -2.10. The van der Waals surface area contributed by atoms with Gasteiger partial charge in [-0.3, -0.25) is 0 Å². The zero-order valence-electron chi connectivity index (χ0n) is 13.6. The second-order valence-electron chi connectivity index (χ2n) is 4.99. The summed E-state index contributed by atoms with van der Waals surface area (Å²) in [5, 5.41) is 0.559. The molecule has 0 aromatic heterocycles. The summed E-state index contributed by atoms with van der Waals surface area (Å²) < 4.78 is 17.0. The first-order valence-corrected chi connectivity index (χ1v) is 8.60. The van der Waals surface area contributed by atoms with E-state index in [1.165, 1.54) is 0 Å². The number of benzene rings is 2. The number of ether oxygens (including phenoxy) is 3. The van der Waals surface area contributed by atoms with Gasteiger partial charge in [0.2, 0.25) is 0 Å². The Morgan fingerprint density at radius 3 is 2.62 bits per heavy atom. The van der Waals surface area contributed by atoms with Crippen LogP contribution in [0.1, 0.15) is 35.9 Å². The Labute approximate surface area is 154 Å². The van der Waals surface area contributed by atoms with Gasteiger partial charge in [0.15, 0.2) is 11.5 Å². The van der Waals surface area contributed by atoms with Crippen LogP contribution in [-0.2, 0) is 4.74 Å². The quantitative estimate of drug-likeness (QED) is 0.593. The fourth-order valence-electron chi connectivity index (χ4n) is 2.24. The number of carbonyl (C=O) groups is 1. The molecule has 0 spiro atoms. The minimum Gasteiger partial charge on any atom is -0.492 e. The Hall–Kier alpha value is -1.72. The Morgan fingerprint density at radius 1 is 1.29 bits per heavy atom. The van der Waals surface area contributed by atoms with E-state index in [9.17, 15) is 4.79 Å². The fraction of sp³-hybridized carbons (Fsp3) is 0.278. The molecule has 0 amide bonds. The minimum absolute atomic E-state index is 0.366. The second-order valence-corrected chi connectivity index (χ2v) is 6.25. The first-order chi connectivity index (χ1) is 11.5. The summed E-state index contributed by atoms with van der Waals surface area (Å²) >= 11 is 9.53. The van der Waals surface area contributed by atoms with Crippen molar-refractivity contribution in [1.29, 1.82) is 0 Å². The van der Waals surface area contributed by atoms with Gasteiger partial charge in [0.05, 0.1) is 23.8 Å². The van der Waals surface area contributed by atoms with Gasteiger partial charge in [0.25, 0.3) is 0 Å². The molecule has 0 saturated carbocycles. The van der Waals surface area contributed by atoms with Crippen LogP contribution < -0.4 is 9.47 Å². The zero-order chi connectivity index (χ0) is 17.7. The van der Waals surface area contributed by atoms with Gasteiger partial charge in [-0.1, -0.05) is 29.8 Å². The summed E-state index contributed by atoms with van der Waals surface area (Å²) in [7, 11) is 1.54. The van der Waals surface area contributed by atoms with Crippen molar-refractivity contribution in [3.05, 3.63) is 57.0 Å². The van der Waals surface area contributed by atoms with Crippen molar-refractivity contribution in [3.63, 3.8) is 0 Å². The van der Waals surface area contributed by atoms with Gasteiger partial charge < -0.3 is 14.2 Å². The van der Waals surface area contributed by atoms with Crippen LogP contribution in [0.4, 0.5) is 0 Å². The molecule has 4 nitrogen and oxygen atoms in total. The fourth-order valence-corrected chi connectivity index (χ4v) is 3.14. The normalized spacial score (nSPS) is 11.7. The molecule has 0 heterocycles.